The van der Waals surface area contributed by atoms with Crippen LogP contribution in [0.5, 0.6) is 0 Å². The number of aryl methyl sites for hydroxylation is 2. The fourth-order valence-electron chi connectivity index (χ4n) is 2.14. The van der Waals surface area contributed by atoms with Crippen LogP contribution in [-0.4, -0.2) is 23.4 Å². The molecule has 0 fully saturated rings. The van der Waals surface area contributed by atoms with Crippen molar-refractivity contribution in [3.8, 4) is 0 Å². The fraction of sp³-hybridized carbons (Fsp3) is 0.250. The number of nitrogens with two attached hydrogens (primary N) is 1. The monoisotopic (exact) mass is 368 g/mol. The summed E-state index contributed by atoms with van der Waals surface area (Å²) in [6, 6.07) is 11.0. The smallest absolute Gasteiger partial charge is 0.225 e. The number of primary sulfonamides is 1. The average Bonchev–Trinajstić information content (AvgIpc) is 2.49. The van der Waals surface area contributed by atoms with Crippen LogP contribution in [0.25, 0.3) is 0 Å². The van der Waals surface area contributed by atoms with Crippen LogP contribution in [-0.2, 0) is 26.5 Å². The summed E-state index contributed by atoms with van der Waals surface area (Å²) in [6.07, 6.45) is 0.439. The molecule has 2 aromatic rings. The van der Waals surface area contributed by atoms with Gasteiger partial charge in [0.15, 0.2) is 0 Å². The lowest BCUT2D eigenvalue weighted by Crippen LogP contribution is -2.26. The largest absolute Gasteiger partial charge is 0.240 e. The average molecular weight is 368 g/mol. The molecule has 0 saturated carbocycles. The first kappa shape index (κ1) is 18.6. The lowest BCUT2D eigenvalue weighted by atomic mass is 10.1. The van der Waals surface area contributed by atoms with Crippen LogP contribution < -0.4 is 9.86 Å². The van der Waals surface area contributed by atoms with E-state index in [0.29, 0.717) is 6.42 Å². The topological polar surface area (TPSA) is 106 Å². The molecule has 0 aromatic heterocycles. The minimum atomic E-state index is -3.72. The zero-order valence-corrected chi connectivity index (χ0v) is 15.1. The predicted octanol–water partition coefficient (Wildman–Crippen LogP) is 1.47. The van der Waals surface area contributed by atoms with Gasteiger partial charge in [0.2, 0.25) is 20.0 Å². The lowest BCUT2D eigenvalue weighted by molar-refractivity contribution is 0.581. The van der Waals surface area contributed by atoms with Crippen molar-refractivity contribution in [2.24, 2.45) is 5.14 Å². The van der Waals surface area contributed by atoms with E-state index in [4.69, 9.17) is 5.14 Å². The van der Waals surface area contributed by atoms with Gasteiger partial charge >= 0.3 is 0 Å². The van der Waals surface area contributed by atoms with E-state index < -0.39 is 20.0 Å². The number of hydrogen-bond acceptors (Lipinski definition) is 4. The summed E-state index contributed by atoms with van der Waals surface area (Å²) in [5.74, 6) is 0. The van der Waals surface area contributed by atoms with Crippen LogP contribution in [0.2, 0.25) is 0 Å². The zero-order valence-electron chi connectivity index (χ0n) is 13.5. The van der Waals surface area contributed by atoms with Gasteiger partial charge in [-0.1, -0.05) is 18.2 Å². The Labute approximate surface area is 142 Å². The molecule has 8 heteroatoms. The van der Waals surface area contributed by atoms with Crippen molar-refractivity contribution >= 4 is 20.0 Å². The van der Waals surface area contributed by atoms with Crippen molar-refractivity contribution in [1.82, 2.24) is 4.72 Å². The molecule has 6 nitrogen and oxygen atoms in total. The second-order valence-corrected chi connectivity index (χ2v) is 8.91. The minimum Gasteiger partial charge on any atom is -0.225 e. The van der Waals surface area contributed by atoms with E-state index in [1.54, 1.807) is 30.3 Å². The third kappa shape index (κ3) is 4.64. The van der Waals surface area contributed by atoms with Crippen LogP contribution in [0.15, 0.2) is 52.3 Å². The first-order chi connectivity index (χ1) is 11.1. The van der Waals surface area contributed by atoms with Gasteiger partial charge in [-0.25, -0.2) is 26.7 Å². The van der Waals surface area contributed by atoms with Gasteiger partial charge in [-0.05, 0) is 61.2 Å². The SMILES string of the molecule is Cc1ccc(S(=O)(=O)NCCc2ccc(S(N)(=O)=O)cc2)cc1C. The van der Waals surface area contributed by atoms with Crippen molar-refractivity contribution in [2.75, 3.05) is 6.54 Å². The normalized spacial score (nSPS) is 12.3. The van der Waals surface area contributed by atoms with E-state index in [-0.39, 0.29) is 16.3 Å². The quantitative estimate of drug-likeness (QED) is 0.805. The van der Waals surface area contributed by atoms with E-state index >= 15 is 0 Å². The summed E-state index contributed by atoms with van der Waals surface area (Å²) in [6.45, 7) is 4.00. The summed E-state index contributed by atoms with van der Waals surface area (Å²) < 4.78 is 49.4. The second kappa shape index (κ2) is 7.02. The van der Waals surface area contributed by atoms with E-state index in [0.717, 1.165) is 16.7 Å². The van der Waals surface area contributed by atoms with Gasteiger partial charge in [0.25, 0.3) is 0 Å². The molecule has 0 spiro atoms. The Morgan fingerprint density at radius 3 is 2.00 bits per heavy atom. The van der Waals surface area contributed by atoms with Gasteiger partial charge in [-0.15, -0.1) is 0 Å². The van der Waals surface area contributed by atoms with Crippen LogP contribution in [0.4, 0.5) is 0 Å². The highest BCUT2D eigenvalue weighted by Gasteiger charge is 2.14. The van der Waals surface area contributed by atoms with E-state index in [1.807, 2.05) is 13.8 Å². The Morgan fingerprint density at radius 2 is 1.46 bits per heavy atom. The van der Waals surface area contributed by atoms with Crippen LogP contribution in [0, 0.1) is 13.8 Å². The summed E-state index contributed by atoms with van der Waals surface area (Å²) in [4.78, 5) is 0.261. The molecule has 0 aliphatic carbocycles. The highest BCUT2D eigenvalue weighted by Crippen LogP contribution is 2.15. The maximum atomic E-state index is 12.3. The summed E-state index contributed by atoms with van der Waals surface area (Å²) in [5, 5.41) is 5.03. The molecule has 2 rings (SSSR count). The minimum absolute atomic E-state index is 0.0296. The Balaban J connectivity index is 2.01. The molecule has 0 amide bonds. The highest BCUT2D eigenvalue weighted by molar-refractivity contribution is 7.89. The lowest BCUT2D eigenvalue weighted by Gasteiger charge is -2.09. The Morgan fingerprint density at radius 1 is 0.875 bits per heavy atom. The van der Waals surface area contributed by atoms with Gasteiger partial charge in [0.1, 0.15) is 0 Å². The molecular formula is C16H20N2O4S2. The summed E-state index contributed by atoms with van der Waals surface area (Å²) >= 11 is 0. The van der Waals surface area contributed by atoms with Gasteiger partial charge in [0, 0.05) is 6.54 Å². The third-order valence-electron chi connectivity index (χ3n) is 3.75. The van der Waals surface area contributed by atoms with E-state index in [1.165, 1.54) is 12.1 Å². The molecule has 24 heavy (non-hydrogen) atoms. The number of benzene rings is 2. The van der Waals surface area contributed by atoms with Gasteiger partial charge < -0.3 is 0 Å². The molecule has 0 saturated heterocycles. The molecule has 130 valence electrons. The zero-order chi connectivity index (χ0) is 18.0. The maximum Gasteiger partial charge on any atom is 0.240 e. The molecule has 0 unspecified atom stereocenters. The van der Waals surface area contributed by atoms with Crippen LogP contribution >= 0.6 is 0 Å². The standard InChI is InChI=1S/C16H20N2O4S2/c1-12-3-6-16(11-13(12)2)24(21,22)18-10-9-14-4-7-15(8-5-14)23(17,19)20/h3-8,11,18H,9-10H2,1-2H3,(H2,17,19,20). The summed E-state index contributed by atoms with van der Waals surface area (Å²) in [5.41, 5.74) is 2.76. The number of sulfonamides is 2. The molecule has 0 aliphatic rings. The molecule has 0 bridgehead atoms. The molecule has 0 radical (unpaired) electrons. The first-order valence-electron chi connectivity index (χ1n) is 7.28. The Bertz CT molecular complexity index is 935. The van der Waals surface area contributed by atoms with E-state index in [2.05, 4.69) is 4.72 Å². The highest BCUT2D eigenvalue weighted by atomic mass is 32.2. The fourth-order valence-corrected chi connectivity index (χ4v) is 3.77. The molecule has 3 N–H and O–H groups in total. The Hall–Kier alpha value is -1.74. The first-order valence-corrected chi connectivity index (χ1v) is 10.3. The Kier molecular flexibility index (Phi) is 5.44. The number of rotatable bonds is 6. The predicted molar refractivity (Wildman–Crippen MR) is 92.6 cm³/mol. The second-order valence-electron chi connectivity index (χ2n) is 5.58. The van der Waals surface area contributed by atoms with Crippen LogP contribution in [0.3, 0.4) is 0 Å². The molecular weight excluding hydrogens is 348 g/mol. The van der Waals surface area contributed by atoms with Gasteiger partial charge in [-0.2, -0.15) is 0 Å². The van der Waals surface area contributed by atoms with Crippen molar-refractivity contribution in [3.05, 3.63) is 59.2 Å². The maximum absolute atomic E-state index is 12.3. The van der Waals surface area contributed by atoms with Crippen molar-refractivity contribution in [2.45, 2.75) is 30.1 Å². The number of nitrogens with one attached hydrogen (secondary N) is 1. The van der Waals surface area contributed by atoms with Crippen molar-refractivity contribution in [1.29, 1.82) is 0 Å². The number of hydrogen-bond donors (Lipinski definition) is 2. The molecule has 2 aromatic carbocycles. The molecule has 0 atom stereocenters. The van der Waals surface area contributed by atoms with Gasteiger partial charge in [-0.3, -0.25) is 0 Å². The molecule has 0 aliphatic heterocycles. The van der Waals surface area contributed by atoms with E-state index in [9.17, 15) is 16.8 Å². The third-order valence-corrected chi connectivity index (χ3v) is 6.13. The van der Waals surface area contributed by atoms with Gasteiger partial charge in [0.05, 0.1) is 9.79 Å². The van der Waals surface area contributed by atoms with Crippen molar-refractivity contribution in [3.63, 3.8) is 0 Å². The van der Waals surface area contributed by atoms with Crippen molar-refractivity contribution < 1.29 is 16.8 Å². The molecule has 0 heterocycles. The van der Waals surface area contributed by atoms with Crippen LogP contribution in [0.1, 0.15) is 16.7 Å². The summed E-state index contributed by atoms with van der Waals surface area (Å²) in [7, 11) is -7.29.